The molecule has 3 aromatic carbocycles. The number of nitrogens with zero attached hydrogens (tertiary/aromatic N) is 3. The van der Waals surface area contributed by atoms with Gasteiger partial charge >= 0.3 is 0 Å². The molecule has 1 heterocycles. The minimum Gasteiger partial charge on any atom is -0.323 e. The van der Waals surface area contributed by atoms with E-state index >= 15 is 0 Å². The molecule has 4 heteroatoms. The Balaban J connectivity index is 1.73. The molecule has 26 heavy (non-hydrogen) atoms. The van der Waals surface area contributed by atoms with E-state index in [9.17, 15) is 4.39 Å². The highest BCUT2D eigenvalue weighted by Gasteiger charge is 2.12. The Bertz CT molecular complexity index is 1090. The molecule has 0 radical (unpaired) electrons. The SMILES string of the molecule is N#Cc1ccc(Cn2c(Cc3ccc(F)cc3)nc3ccccc32)cc1. The van der Waals surface area contributed by atoms with Gasteiger partial charge < -0.3 is 4.57 Å². The van der Waals surface area contributed by atoms with Crippen molar-refractivity contribution in [3.05, 3.63) is 101 Å². The van der Waals surface area contributed by atoms with Crippen molar-refractivity contribution in [2.45, 2.75) is 13.0 Å². The summed E-state index contributed by atoms with van der Waals surface area (Å²) in [5, 5.41) is 8.96. The van der Waals surface area contributed by atoms with E-state index in [0.717, 1.165) is 28.0 Å². The minimum absolute atomic E-state index is 0.236. The Hall–Kier alpha value is -3.45. The molecular formula is C22H16FN3. The Morgan fingerprint density at radius 1 is 0.885 bits per heavy atom. The monoisotopic (exact) mass is 341 g/mol. The van der Waals surface area contributed by atoms with Gasteiger partial charge in [0.05, 0.1) is 22.7 Å². The molecule has 4 rings (SSSR count). The van der Waals surface area contributed by atoms with E-state index in [2.05, 4.69) is 16.7 Å². The second-order valence-electron chi connectivity index (χ2n) is 6.21. The van der Waals surface area contributed by atoms with Gasteiger partial charge in [-0.25, -0.2) is 9.37 Å². The molecule has 126 valence electrons. The normalized spacial score (nSPS) is 10.8. The molecule has 0 atom stereocenters. The van der Waals surface area contributed by atoms with Crippen molar-refractivity contribution in [1.82, 2.24) is 9.55 Å². The first kappa shape index (κ1) is 16.0. The van der Waals surface area contributed by atoms with Crippen LogP contribution in [0.15, 0.2) is 72.8 Å². The number of para-hydroxylation sites is 2. The first-order valence-corrected chi connectivity index (χ1v) is 8.40. The summed E-state index contributed by atoms with van der Waals surface area (Å²) < 4.78 is 15.4. The molecule has 0 spiro atoms. The highest BCUT2D eigenvalue weighted by atomic mass is 19.1. The van der Waals surface area contributed by atoms with Crippen LogP contribution in [0.25, 0.3) is 11.0 Å². The van der Waals surface area contributed by atoms with Crippen LogP contribution in [0, 0.1) is 17.1 Å². The first-order chi connectivity index (χ1) is 12.7. The van der Waals surface area contributed by atoms with Crippen LogP contribution < -0.4 is 0 Å². The van der Waals surface area contributed by atoms with E-state index in [1.54, 1.807) is 12.1 Å². The fourth-order valence-electron chi connectivity index (χ4n) is 3.09. The molecule has 0 saturated carbocycles. The average Bonchev–Trinajstić information content (AvgIpc) is 3.01. The van der Waals surface area contributed by atoms with Crippen molar-refractivity contribution in [2.24, 2.45) is 0 Å². The number of nitriles is 1. The number of hydrogen-bond acceptors (Lipinski definition) is 2. The number of aromatic nitrogens is 2. The van der Waals surface area contributed by atoms with Gasteiger partial charge in [-0.05, 0) is 47.5 Å². The predicted molar refractivity (Wildman–Crippen MR) is 99.2 cm³/mol. The van der Waals surface area contributed by atoms with Crippen molar-refractivity contribution in [2.75, 3.05) is 0 Å². The van der Waals surface area contributed by atoms with Crippen molar-refractivity contribution < 1.29 is 4.39 Å². The third kappa shape index (κ3) is 3.20. The van der Waals surface area contributed by atoms with Crippen molar-refractivity contribution >= 4 is 11.0 Å². The molecule has 0 amide bonds. The quantitative estimate of drug-likeness (QED) is 0.540. The zero-order chi connectivity index (χ0) is 17.9. The number of halogens is 1. The third-order valence-electron chi connectivity index (χ3n) is 4.43. The van der Waals surface area contributed by atoms with Crippen molar-refractivity contribution in [1.29, 1.82) is 5.26 Å². The van der Waals surface area contributed by atoms with Gasteiger partial charge in [0.25, 0.3) is 0 Å². The number of fused-ring (bicyclic) bond motifs is 1. The summed E-state index contributed by atoms with van der Waals surface area (Å²) in [6.45, 7) is 0.669. The lowest BCUT2D eigenvalue weighted by atomic mass is 10.1. The summed E-state index contributed by atoms with van der Waals surface area (Å²) in [4.78, 5) is 4.78. The van der Waals surface area contributed by atoms with Crippen LogP contribution in [0.1, 0.15) is 22.5 Å². The number of hydrogen-bond donors (Lipinski definition) is 0. The highest BCUT2D eigenvalue weighted by Crippen LogP contribution is 2.20. The molecule has 3 nitrogen and oxygen atoms in total. The highest BCUT2D eigenvalue weighted by molar-refractivity contribution is 5.76. The van der Waals surface area contributed by atoms with Gasteiger partial charge in [0.1, 0.15) is 11.6 Å². The smallest absolute Gasteiger partial charge is 0.123 e. The largest absolute Gasteiger partial charge is 0.323 e. The standard InChI is InChI=1S/C22H16FN3/c23-19-11-9-16(10-12-19)13-22-25-20-3-1-2-4-21(20)26(22)15-18-7-5-17(14-24)6-8-18/h1-12H,13,15H2. The molecule has 0 fully saturated rings. The molecule has 0 N–H and O–H groups in total. The van der Waals surface area contributed by atoms with Crippen molar-refractivity contribution in [3.8, 4) is 6.07 Å². The van der Waals surface area contributed by atoms with E-state index in [4.69, 9.17) is 10.2 Å². The van der Waals surface area contributed by atoms with E-state index in [1.165, 1.54) is 12.1 Å². The Morgan fingerprint density at radius 3 is 2.31 bits per heavy atom. The van der Waals surface area contributed by atoms with Crippen LogP contribution >= 0.6 is 0 Å². The van der Waals surface area contributed by atoms with Gasteiger partial charge in [-0.3, -0.25) is 0 Å². The van der Waals surface area contributed by atoms with Gasteiger partial charge in [0, 0.05) is 13.0 Å². The summed E-state index contributed by atoms with van der Waals surface area (Å²) in [5.74, 6) is 0.696. The number of rotatable bonds is 4. The lowest BCUT2D eigenvalue weighted by Crippen LogP contribution is -2.06. The lowest BCUT2D eigenvalue weighted by molar-refractivity contribution is 0.627. The topological polar surface area (TPSA) is 41.6 Å². The van der Waals surface area contributed by atoms with E-state index < -0.39 is 0 Å². The molecule has 0 aliphatic rings. The number of imidazole rings is 1. The fourth-order valence-corrected chi connectivity index (χ4v) is 3.09. The van der Waals surface area contributed by atoms with Crippen LogP contribution in [0.5, 0.6) is 0 Å². The predicted octanol–water partition coefficient (Wildman–Crippen LogP) is 4.69. The average molecular weight is 341 g/mol. The van der Waals surface area contributed by atoms with Gasteiger partial charge in [0.2, 0.25) is 0 Å². The summed E-state index contributed by atoms with van der Waals surface area (Å²) in [7, 11) is 0. The van der Waals surface area contributed by atoms with Crippen LogP contribution in [0.4, 0.5) is 4.39 Å². The minimum atomic E-state index is -0.236. The lowest BCUT2D eigenvalue weighted by Gasteiger charge is -2.10. The number of benzene rings is 3. The molecule has 0 unspecified atom stereocenters. The van der Waals surface area contributed by atoms with Gasteiger partial charge in [-0.2, -0.15) is 5.26 Å². The maximum Gasteiger partial charge on any atom is 0.123 e. The molecule has 4 aromatic rings. The Kier molecular flexibility index (Phi) is 4.20. The first-order valence-electron chi connectivity index (χ1n) is 8.40. The molecule has 1 aromatic heterocycles. The second-order valence-corrected chi connectivity index (χ2v) is 6.21. The summed E-state index contributed by atoms with van der Waals surface area (Å²) in [6, 6.07) is 24.3. The summed E-state index contributed by atoms with van der Waals surface area (Å²) in [6.07, 6.45) is 0.630. The van der Waals surface area contributed by atoms with Crippen LogP contribution in [0.3, 0.4) is 0 Å². The molecule has 0 saturated heterocycles. The van der Waals surface area contributed by atoms with Crippen molar-refractivity contribution in [3.63, 3.8) is 0 Å². The molecule has 0 aliphatic carbocycles. The maximum atomic E-state index is 13.2. The van der Waals surface area contributed by atoms with E-state index in [0.29, 0.717) is 18.5 Å². The van der Waals surface area contributed by atoms with Gasteiger partial charge in [-0.15, -0.1) is 0 Å². The molecular weight excluding hydrogens is 325 g/mol. The zero-order valence-corrected chi connectivity index (χ0v) is 14.1. The van der Waals surface area contributed by atoms with Crippen LogP contribution in [-0.4, -0.2) is 9.55 Å². The second kappa shape index (κ2) is 6.81. The Morgan fingerprint density at radius 2 is 1.58 bits per heavy atom. The van der Waals surface area contributed by atoms with E-state index in [-0.39, 0.29) is 5.82 Å². The summed E-state index contributed by atoms with van der Waals surface area (Å²) >= 11 is 0. The molecule has 0 aliphatic heterocycles. The molecule has 0 bridgehead atoms. The van der Waals surface area contributed by atoms with Gasteiger partial charge in [-0.1, -0.05) is 36.4 Å². The summed E-state index contributed by atoms with van der Waals surface area (Å²) in [5.41, 5.74) is 4.78. The maximum absolute atomic E-state index is 13.2. The van der Waals surface area contributed by atoms with E-state index in [1.807, 2.05) is 42.5 Å². The zero-order valence-electron chi connectivity index (χ0n) is 14.1. The fraction of sp³-hybridized carbons (Fsp3) is 0.0909. The third-order valence-corrected chi connectivity index (χ3v) is 4.43. The Labute approximate surface area is 151 Å². The van der Waals surface area contributed by atoms with Gasteiger partial charge in [0.15, 0.2) is 0 Å². The van der Waals surface area contributed by atoms with Crippen LogP contribution in [-0.2, 0) is 13.0 Å². The van der Waals surface area contributed by atoms with Crippen LogP contribution in [0.2, 0.25) is 0 Å².